The summed E-state index contributed by atoms with van der Waals surface area (Å²) in [7, 11) is -2.08. The van der Waals surface area contributed by atoms with Crippen molar-refractivity contribution in [1.82, 2.24) is 4.31 Å². The van der Waals surface area contributed by atoms with E-state index >= 15 is 0 Å². The summed E-state index contributed by atoms with van der Waals surface area (Å²) in [4.78, 5) is 11.2. The molecule has 0 aliphatic carbocycles. The Kier molecular flexibility index (Phi) is 5.55. The molecule has 0 radical (unpaired) electrons. The van der Waals surface area contributed by atoms with Crippen molar-refractivity contribution >= 4 is 16.0 Å². The van der Waals surface area contributed by atoms with Crippen LogP contribution in [0.3, 0.4) is 0 Å². The first-order valence-electron chi connectivity index (χ1n) is 7.26. The maximum atomic E-state index is 12.8. The summed E-state index contributed by atoms with van der Waals surface area (Å²) in [5.41, 5.74) is 0.891. The molecule has 1 N–H and O–H groups in total. The number of carboxylic acids is 1. The van der Waals surface area contributed by atoms with Gasteiger partial charge in [0.1, 0.15) is 0 Å². The van der Waals surface area contributed by atoms with Gasteiger partial charge in [0, 0.05) is 19.7 Å². The molecule has 122 valence electrons. The molecule has 0 aromatic heterocycles. The molecule has 1 aliphatic rings. The molecule has 2 rings (SSSR count). The van der Waals surface area contributed by atoms with Gasteiger partial charge in [0.2, 0.25) is 10.0 Å². The topological polar surface area (TPSA) is 83.9 Å². The van der Waals surface area contributed by atoms with Crippen LogP contribution in [-0.2, 0) is 26.2 Å². The van der Waals surface area contributed by atoms with Gasteiger partial charge in [0.25, 0.3) is 0 Å². The molecule has 1 fully saturated rings. The quantitative estimate of drug-likeness (QED) is 0.862. The van der Waals surface area contributed by atoms with Gasteiger partial charge in [-0.15, -0.1) is 0 Å². The second-order valence-corrected chi connectivity index (χ2v) is 7.33. The van der Waals surface area contributed by atoms with Crippen LogP contribution in [0.1, 0.15) is 31.2 Å². The van der Waals surface area contributed by atoms with Gasteiger partial charge in [-0.25, -0.2) is 8.42 Å². The summed E-state index contributed by atoms with van der Waals surface area (Å²) in [6, 6.07) is 6.07. The van der Waals surface area contributed by atoms with Crippen molar-refractivity contribution in [2.75, 3.05) is 13.7 Å². The Morgan fingerprint density at radius 2 is 2.00 bits per heavy atom. The number of carbonyl (C=O) groups is 1. The average Bonchev–Trinajstić information content (AvgIpc) is 2.48. The maximum Gasteiger partial charge on any atom is 0.304 e. The Balaban J connectivity index is 2.24. The van der Waals surface area contributed by atoms with Crippen molar-refractivity contribution in [1.29, 1.82) is 0 Å². The minimum atomic E-state index is -3.66. The number of ether oxygens (including phenoxy) is 1. The van der Waals surface area contributed by atoms with E-state index in [1.54, 1.807) is 31.4 Å². The molecule has 0 spiro atoms. The molecule has 1 unspecified atom stereocenters. The van der Waals surface area contributed by atoms with E-state index < -0.39 is 22.0 Å². The molecule has 1 saturated heterocycles. The number of carboxylic acid groups (broad SMARTS) is 1. The fourth-order valence-corrected chi connectivity index (χ4v) is 4.45. The van der Waals surface area contributed by atoms with Crippen molar-refractivity contribution in [2.45, 2.75) is 43.2 Å². The molecule has 22 heavy (non-hydrogen) atoms. The molecule has 7 heteroatoms. The third-order valence-electron chi connectivity index (χ3n) is 3.82. The zero-order valence-electron chi connectivity index (χ0n) is 12.6. The van der Waals surface area contributed by atoms with E-state index in [0.717, 1.165) is 18.4 Å². The van der Waals surface area contributed by atoms with Crippen LogP contribution < -0.4 is 0 Å². The highest BCUT2D eigenvalue weighted by molar-refractivity contribution is 7.89. The molecule has 0 amide bonds. The molecule has 6 nitrogen and oxygen atoms in total. The lowest BCUT2D eigenvalue weighted by Gasteiger charge is -2.33. The van der Waals surface area contributed by atoms with Crippen LogP contribution >= 0.6 is 0 Å². The standard InChI is InChI=1S/C15H21NO5S/c1-21-11-12-5-7-14(8-6-12)22(19,20)16-9-3-2-4-13(16)10-15(17)18/h5-8,13H,2-4,9-11H2,1H3,(H,17,18). The third kappa shape index (κ3) is 3.85. The van der Waals surface area contributed by atoms with Gasteiger partial charge in [-0.2, -0.15) is 4.31 Å². The maximum absolute atomic E-state index is 12.8. The number of rotatable bonds is 6. The minimum absolute atomic E-state index is 0.152. The molecular weight excluding hydrogens is 306 g/mol. The van der Waals surface area contributed by atoms with Crippen LogP contribution in [0.2, 0.25) is 0 Å². The van der Waals surface area contributed by atoms with E-state index in [1.807, 2.05) is 0 Å². The fourth-order valence-electron chi connectivity index (χ4n) is 2.76. The second kappa shape index (κ2) is 7.21. The Labute approximate surface area is 130 Å². The lowest BCUT2D eigenvalue weighted by atomic mass is 10.0. The van der Waals surface area contributed by atoms with Crippen molar-refractivity contribution in [3.05, 3.63) is 29.8 Å². The van der Waals surface area contributed by atoms with Crippen LogP contribution in [0.25, 0.3) is 0 Å². The van der Waals surface area contributed by atoms with Gasteiger partial charge >= 0.3 is 5.97 Å². The monoisotopic (exact) mass is 327 g/mol. The average molecular weight is 327 g/mol. The first kappa shape index (κ1) is 16.9. The molecule has 1 atom stereocenters. The summed E-state index contributed by atoms with van der Waals surface area (Å²) >= 11 is 0. The molecule has 0 saturated carbocycles. The number of piperidine rings is 1. The minimum Gasteiger partial charge on any atom is -0.481 e. The number of nitrogens with zero attached hydrogens (tertiary/aromatic N) is 1. The van der Waals surface area contributed by atoms with Gasteiger partial charge in [-0.1, -0.05) is 18.6 Å². The Morgan fingerprint density at radius 3 is 2.59 bits per heavy atom. The van der Waals surface area contributed by atoms with E-state index in [4.69, 9.17) is 9.84 Å². The van der Waals surface area contributed by atoms with Crippen LogP contribution in [0.15, 0.2) is 29.2 Å². The normalized spacial score (nSPS) is 20.0. The first-order valence-corrected chi connectivity index (χ1v) is 8.70. The molecule has 1 aromatic rings. The highest BCUT2D eigenvalue weighted by atomic mass is 32.2. The predicted molar refractivity (Wildman–Crippen MR) is 80.9 cm³/mol. The van der Waals surface area contributed by atoms with Crippen molar-refractivity contribution in [3.8, 4) is 0 Å². The Hall–Kier alpha value is -1.44. The predicted octanol–water partition coefficient (Wildman–Crippen LogP) is 1.85. The number of hydrogen-bond acceptors (Lipinski definition) is 4. The molecule has 0 bridgehead atoms. The van der Waals surface area contributed by atoms with Crippen molar-refractivity contribution < 1.29 is 23.1 Å². The Morgan fingerprint density at radius 1 is 1.32 bits per heavy atom. The van der Waals surface area contributed by atoms with Crippen molar-refractivity contribution in [3.63, 3.8) is 0 Å². The van der Waals surface area contributed by atoms with Gasteiger partial charge in [0.15, 0.2) is 0 Å². The van der Waals surface area contributed by atoms with E-state index in [1.165, 1.54) is 4.31 Å². The summed E-state index contributed by atoms with van der Waals surface area (Å²) in [5.74, 6) is -0.970. The van der Waals surface area contributed by atoms with E-state index in [2.05, 4.69) is 0 Å². The van der Waals surface area contributed by atoms with Gasteiger partial charge < -0.3 is 9.84 Å². The van der Waals surface area contributed by atoms with Gasteiger partial charge in [-0.3, -0.25) is 4.79 Å². The number of methoxy groups -OCH3 is 1. The molecule has 1 aromatic carbocycles. The van der Waals surface area contributed by atoms with Crippen LogP contribution in [0.4, 0.5) is 0 Å². The summed E-state index contributed by atoms with van der Waals surface area (Å²) < 4.78 is 31.8. The number of benzene rings is 1. The summed E-state index contributed by atoms with van der Waals surface area (Å²) in [6.07, 6.45) is 2.06. The Bertz CT molecular complexity index is 611. The van der Waals surface area contributed by atoms with Crippen LogP contribution in [-0.4, -0.2) is 43.5 Å². The molecular formula is C15H21NO5S. The van der Waals surface area contributed by atoms with E-state index in [-0.39, 0.29) is 11.3 Å². The fraction of sp³-hybridized carbons (Fsp3) is 0.533. The third-order valence-corrected chi connectivity index (χ3v) is 5.79. The number of hydrogen-bond donors (Lipinski definition) is 1. The van der Waals surface area contributed by atoms with Gasteiger partial charge in [0.05, 0.1) is 17.9 Å². The lowest BCUT2D eigenvalue weighted by molar-refractivity contribution is -0.138. The number of aliphatic carboxylic acids is 1. The smallest absolute Gasteiger partial charge is 0.304 e. The zero-order chi connectivity index (χ0) is 16.2. The SMILES string of the molecule is COCc1ccc(S(=O)(=O)N2CCCCC2CC(=O)O)cc1. The molecule has 1 aliphatic heterocycles. The first-order chi connectivity index (χ1) is 10.4. The lowest BCUT2D eigenvalue weighted by Crippen LogP contribution is -2.44. The largest absolute Gasteiger partial charge is 0.481 e. The highest BCUT2D eigenvalue weighted by Crippen LogP contribution is 2.27. The number of sulfonamides is 1. The van der Waals surface area contributed by atoms with E-state index in [0.29, 0.717) is 19.6 Å². The molecule has 1 heterocycles. The van der Waals surface area contributed by atoms with E-state index in [9.17, 15) is 13.2 Å². The van der Waals surface area contributed by atoms with Crippen LogP contribution in [0, 0.1) is 0 Å². The zero-order valence-corrected chi connectivity index (χ0v) is 13.4. The van der Waals surface area contributed by atoms with Crippen LogP contribution in [0.5, 0.6) is 0 Å². The highest BCUT2D eigenvalue weighted by Gasteiger charge is 2.34. The summed E-state index contributed by atoms with van der Waals surface area (Å²) in [6.45, 7) is 0.797. The second-order valence-electron chi connectivity index (χ2n) is 5.44. The summed E-state index contributed by atoms with van der Waals surface area (Å²) in [5, 5.41) is 8.98. The van der Waals surface area contributed by atoms with Gasteiger partial charge in [-0.05, 0) is 30.5 Å². The van der Waals surface area contributed by atoms with Crippen molar-refractivity contribution in [2.24, 2.45) is 0 Å².